The number of rotatable bonds is 2. The quantitative estimate of drug-likeness (QED) is 0.604. The van der Waals surface area contributed by atoms with Crippen LogP contribution in [0.4, 0.5) is 0 Å². The van der Waals surface area contributed by atoms with Crippen LogP contribution in [-0.2, 0) is 13.1 Å². The molecule has 130 valence electrons. The fourth-order valence-corrected chi connectivity index (χ4v) is 3.52. The molecule has 4 aromatic rings. The zero-order valence-electron chi connectivity index (χ0n) is 14.6. The first-order valence-corrected chi connectivity index (χ1v) is 8.84. The molecule has 1 aliphatic rings. The molecule has 0 saturated heterocycles. The zero-order valence-corrected chi connectivity index (χ0v) is 14.6. The molecule has 1 aliphatic heterocycles. The van der Waals surface area contributed by atoms with Crippen LogP contribution in [0, 0.1) is 6.92 Å². The molecule has 7 nitrogen and oxygen atoms in total. The van der Waals surface area contributed by atoms with Gasteiger partial charge in [-0.2, -0.15) is 15.3 Å². The van der Waals surface area contributed by atoms with Crippen molar-refractivity contribution in [2.45, 2.75) is 26.4 Å². The lowest BCUT2D eigenvalue weighted by Gasteiger charge is -2.10. The van der Waals surface area contributed by atoms with Crippen LogP contribution in [0.5, 0.6) is 0 Å². The Hall–Kier alpha value is -3.06. The molecule has 0 bridgehead atoms. The van der Waals surface area contributed by atoms with E-state index in [0.29, 0.717) is 0 Å². The first-order valence-electron chi connectivity index (χ1n) is 8.84. The Kier molecular flexibility index (Phi) is 3.53. The van der Waals surface area contributed by atoms with Crippen LogP contribution in [-0.4, -0.2) is 36.1 Å². The monoisotopic (exact) mass is 345 g/mol. The molecule has 0 unspecified atom stereocenters. The minimum absolute atomic E-state index is 0.840. The second kappa shape index (κ2) is 6.03. The first kappa shape index (κ1) is 15.2. The van der Waals surface area contributed by atoms with Gasteiger partial charge in [0, 0.05) is 30.9 Å². The maximum absolute atomic E-state index is 4.80. The Bertz CT molecular complexity index is 1070. The van der Waals surface area contributed by atoms with Crippen LogP contribution >= 0.6 is 0 Å². The summed E-state index contributed by atoms with van der Waals surface area (Å²) >= 11 is 0. The van der Waals surface area contributed by atoms with Gasteiger partial charge < -0.3 is 5.32 Å². The Morgan fingerprint density at radius 2 is 2.12 bits per heavy atom. The van der Waals surface area contributed by atoms with Crippen LogP contribution in [0.1, 0.15) is 17.8 Å². The molecule has 1 aromatic carbocycles. The molecule has 1 N–H and O–H groups in total. The molecule has 0 spiro atoms. The van der Waals surface area contributed by atoms with E-state index in [-0.39, 0.29) is 0 Å². The first-order chi connectivity index (χ1) is 12.8. The summed E-state index contributed by atoms with van der Waals surface area (Å²) in [6.45, 7) is 4.77. The minimum Gasteiger partial charge on any atom is -0.311 e. The van der Waals surface area contributed by atoms with Gasteiger partial charge in [0.05, 0.1) is 22.6 Å². The predicted octanol–water partition coefficient (Wildman–Crippen LogP) is 2.48. The maximum atomic E-state index is 4.80. The summed E-state index contributed by atoms with van der Waals surface area (Å²) in [6, 6.07) is 10.3. The second-order valence-electron chi connectivity index (χ2n) is 6.59. The van der Waals surface area contributed by atoms with E-state index in [0.717, 1.165) is 59.9 Å². The van der Waals surface area contributed by atoms with Crippen LogP contribution in [0.2, 0.25) is 0 Å². The average molecular weight is 345 g/mol. The van der Waals surface area contributed by atoms with Gasteiger partial charge in [-0.05, 0) is 44.2 Å². The highest BCUT2D eigenvalue weighted by Crippen LogP contribution is 2.26. The van der Waals surface area contributed by atoms with Crippen molar-refractivity contribution >= 4 is 10.9 Å². The van der Waals surface area contributed by atoms with E-state index in [2.05, 4.69) is 47.9 Å². The molecule has 0 fully saturated rings. The van der Waals surface area contributed by atoms with E-state index in [1.807, 2.05) is 31.5 Å². The van der Waals surface area contributed by atoms with Crippen LogP contribution in [0.15, 0.2) is 42.7 Å². The largest absolute Gasteiger partial charge is 0.311 e. The Balaban J connectivity index is 1.66. The molecule has 0 saturated carbocycles. The van der Waals surface area contributed by atoms with Gasteiger partial charge in [-0.15, -0.1) is 0 Å². The SMILES string of the molecule is Cc1cc2c(-n3ccnc3-c3cc4n(n3)CCCNC4)cccc2nn1. The molecule has 7 heteroatoms. The fraction of sp³-hybridized carbons (Fsp3) is 0.263. The van der Waals surface area contributed by atoms with Crippen LogP contribution < -0.4 is 5.32 Å². The standard InChI is InChI=1S/C19H19N7/c1-13-10-15-16(23-22-13)4-2-5-18(15)25-9-7-21-19(25)17-11-14-12-20-6-3-8-26(14)24-17/h2,4-5,7,9-11,20H,3,6,8,12H2,1H3. The van der Waals surface area contributed by atoms with Gasteiger partial charge in [0.2, 0.25) is 0 Å². The van der Waals surface area contributed by atoms with Gasteiger partial charge in [-0.25, -0.2) is 4.98 Å². The minimum atomic E-state index is 0.840. The maximum Gasteiger partial charge on any atom is 0.165 e. The smallest absolute Gasteiger partial charge is 0.165 e. The average Bonchev–Trinajstić information content (AvgIpc) is 3.23. The van der Waals surface area contributed by atoms with E-state index < -0.39 is 0 Å². The summed E-state index contributed by atoms with van der Waals surface area (Å²) in [7, 11) is 0. The number of aryl methyl sites for hydroxylation is 2. The van der Waals surface area contributed by atoms with Crippen molar-refractivity contribution in [3.05, 3.63) is 54.1 Å². The molecule has 26 heavy (non-hydrogen) atoms. The van der Waals surface area contributed by atoms with Crippen molar-refractivity contribution in [2.75, 3.05) is 6.54 Å². The van der Waals surface area contributed by atoms with E-state index in [4.69, 9.17) is 5.10 Å². The molecule has 5 rings (SSSR count). The summed E-state index contributed by atoms with van der Waals surface area (Å²) in [5, 5.41) is 17.8. The molecule has 0 aliphatic carbocycles. The van der Waals surface area contributed by atoms with E-state index in [1.165, 1.54) is 5.69 Å². The second-order valence-corrected chi connectivity index (χ2v) is 6.59. The highest BCUT2D eigenvalue weighted by atomic mass is 15.3. The van der Waals surface area contributed by atoms with Crippen molar-refractivity contribution in [1.29, 1.82) is 0 Å². The summed E-state index contributed by atoms with van der Waals surface area (Å²) in [4.78, 5) is 4.59. The summed E-state index contributed by atoms with van der Waals surface area (Å²) < 4.78 is 4.17. The molecule has 0 atom stereocenters. The van der Waals surface area contributed by atoms with Gasteiger partial charge in [0.25, 0.3) is 0 Å². The van der Waals surface area contributed by atoms with Crippen molar-refractivity contribution in [1.82, 2.24) is 34.8 Å². The van der Waals surface area contributed by atoms with Crippen molar-refractivity contribution in [3.63, 3.8) is 0 Å². The summed E-state index contributed by atoms with van der Waals surface area (Å²) in [5.74, 6) is 0.840. The number of aromatic nitrogens is 6. The normalized spacial score (nSPS) is 14.3. The van der Waals surface area contributed by atoms with Gasteiger partial charge in [0.1, 0.15) is 5.69 Å². The van der Waals surface area contributed by atoms with Crippen LogP contribution in [0.25, 0.3) is 28.1 Å². The molecule has 3 aromatic heterocycles. The summed E-state index contributed by atoms with van der Waals surface area (Å²) in [5.41, 5.74) is 4.90. The number of benzene rings is 1. The van der Waals surface area contributed by atoms with E-state index >= 15 is 0 Å². The van der Waals surface area contributed by atoms with Gasteiger partial charge in [0.15, 0.2) is 5.82 Å². The number of nitrogens with zero attached hydrogens (tertiary/aromatic N) is 6. The lowest BCUT2D eigenvalue weighted by atomic mass is 10.1. The highest BCUT2D eigenvalue weighted by molar-refractivity contribution is 5.87. The Morgan fingerprint density at radius 1 is 1.15 bits per heavy atom. The third-order valence-corrected chi connectivity index (χ3v) is 4.75. The third-order valence-electron chi connectivity index (χ3n) is 4.75. The predicted molar refractivity (Wildman–Crippen MR) is 98.9 cm³/mol. The third kappa shape index (κ3) is 2.48. The lowest BCUT2D eigenvalue weighted by Crippen LogP contribution is -2.11. The van der Waals surface area contributed by atoms with Crippen LogP contribution in [0.3, 0.4) is 0 Å². The van der Waals surface area contributed by atoms with Crippen molar-refractivity contribution in [3.8, 4) is 17.2 Å². The number of fused-ring (bicyclic) bond motifs is 2. The van der Waals surface area contributed by atoms with E-state index in [9.17, 15) is 0 Å². The fourth-order valence-electron chi connectivity index (χ4n) is 3.52. The number of imidazole rings is 1. The molecular formula is C19H19N7. The molecular weight excluding hydrogens is 326 g/mol. The lowest BCUT2D eigenvalue weighted by molar-refractivity contribution is 0.588. The molecule has 0 radical (unpaired) electrons. The van der Waals surface area contributed by atoms with Crippen molar-refractivity contribution < 1.29 is 0 Å². The van der Waals surface area contributed by atoms with Crippen molar-refractivity contribution in [2.24, 2.45) is 0 Å². The molecule has 4 heterocycles. The number of nitrogens with one attached hydrogen (secondary N) is 1. The number of hydrogen-bond acceptors (Lipinski definition) is 5. The summed E-state index contributed by atoms with van der Waals surface area (Å²) in [6.07, 6.45) is 4.88. The zero-order chi connectivity index (χ0) is 17.5. The topological polar surface area (TPSA) is 73.5 Å². The van der Waals surface area contributed by atoms with Gasteiger partial charge in [-0.3, -0.25) is 9.25 Å². The van der Waals surface area contributed by atoms with Gasteiger partial charge >= 0.3 is 0 Å². The van der Waals surface area contributed by atoms with Gasteiger partial charge in [-0.1, -0.05) is 6.07 Å². The Morgan fingerprint density at radius 3 is 3.08 bits per heavy atom. The Labute approximate surface area is 150 Å². The highest BCUT2D eigenvalue weighted by Gasteiger charge is 2.17. The number of hydrogen-bond donors (Lipinski definition) is 1. The molecule has 0 amide bonds. The van der Waals surface area contributed by atoms with E-state index in [1.54, 1.807) is 0 Å².